The van der Waals surface area contributed by atoms with Gasteiger partial charge >= 0.3 is 25.0 Å². The number of halogens is 3. The van der Waals surface area contributed by atoms with Gasteiger partial charge in [-0.2, -0.15) is 13.2 Å². The first-order valence-corrected chi connectivity index (χ1v) is 3.96. The Morgan fingerprint density at radius 1 is 1.27 bits per heavy atom. The van der Waals surface area contributed by atoms with Gasteiger partial charge in [0.1, 0.15) is 0 Å². The van der Waals surface area contributed by atoms with E-state index in [9.17, 15) is 13.2 Å². The average molecular weight is 206 g/mol. The Labute approximate surface area is 96.4 Å². The standard InChI is InChI=1S/C10H6F3O.Li/c1-6-2-3-9-7(4-6)8(5-14-9)10(11,12)13;/h2-4H,1H3;/q-1;+1. The molecule has 0 spiro atoms. The van der Waals surface area contributed by atoms with Gasteiger partial charge in [-0.25, -0.2) is 0 Å². The minimum atomic E-state index is -4.40. The molecule has 0 saturated heterocycles. The summed E-state index contributed by atoms with van der Waals surface area (Å²) in [5, 5.41) is 0.0671. The number of furan rings is 1. The molecule has 2 rings (SSSR count). The van der Waals surface area contributed by atoms with Gasteiger partial charge in [-0.1, -0.05) is 17.7 Å². The van der Waals surface area contributed by atoms with Gasteiger partial charge in [0.05, 0.1) is 0 Å². The molecule has 1 aromatic heterocycles. The van der Waals surface area contributed by atoms with Crippen LogP contribution in [0.1, 0.15) is 11.1 Å². The van der Waals surface area contributed by atoms with Crippen LogP contribution in [0.3, 0.4) is 0 Å². The number of aryl methyl sites for hydroxylation is 1. The minimum Gasteiger partial charge on any atom is -0.590 e. The molecule has 2 aromatic rings. The molecule has 5 heteroatoms. The fraction of sp³-hybridized carbons (Fsp3) is 0.200. The van der Waals surface area contributed by atoms with Crippen molar-refractivity contribution in [1.82, 2.24) is 0 Å². The van der Waals surface area contributed by atoms with Gasteiger partial charge in [-0.15, -0.1) is 11.5 Å². The summed E-state index contributed by atoms with van der Waals surface area (Å²) in [7, 11) is 0. The summed E-state index contributed by atoms with van der Waals surface area (Å²) < 4.78 is 41.9. The third kappa shape index (κ3) is 2.22. The quantitative estimate of drug-likeness (QED) is 0.453. The van der Waals surface area contributed by atoms with Crippen molar-refractivity contribution in [2.45, 2.75) is 13.1 Å². The maximum atomic E-state index is 12.4. The van der Waals surface area contributed by atoms with Gasteiger partial charge in [-0.3, -0.25) is 0 Å². The molecule has 0 fully saturated rings. The van der Waals surface area contributed by atoms with Crippen LogP contribution in [-0.4, -0.2) is 0 Å². The van der Waals surface area contributed by atoms with Crippen LogP contribution in [0.2, 0.25) is 0 Å². The van der Waals surface area contributed by atoms with E-state index < -0.39 is 11.7 Å². The second-order valence-electron chi connectivity index (χ2n) is 3.08. The maximum absolute atomic E-state index is 12.4. The van der Waals surface area contributed by atoms with Crippen LogP contribution in [0.5, 0.6) is 0 Å². The van der Waals surface area contributed by atoms with Crippen LogP contribution in [0.4, 0.5) is 13.2 Å². The minimum absolute atomic E-state index is 0. The zero-order chi connectivity index (χ0) is 10.3. The van der Waals surface area contributed by atoms with Crippen molar-refractivity contribution < 1.29 is 36.4 Å². The van der Waals surface area contributed by atoms with Gasteiger partial charge in [0.15, 0.2) is 0 Å². The molecule has 1 aromatic carbocycles. The van der Waals surface area contributed by atoms with Crippen molar-refractivity contribution in [3.63, 3.8) is 0 Å². The average Bonchev–Trinajstić information content (AvgIpc) is 2.45. The number of hydrogen-bond acceptors (Lipinski definition) is 1. The molecule has 0 radical (unpaired) electrons. The van der Waals surface area contributed by atoms with Crippen LogP contribution in [-0.2, 0) is 6.18 Å². The monoisotopic (exact) mass is 206 g/mol. The molecule has 0 N–H and O–H groups in total. The Bertz CT molecular complexity index is 473. The van der Waals surface area contributed by atoms with Gasteiger partial charge < -0.3 is 4.42 Å². The molecule has 0 bridgehead atoms. The topological polar surface area (TPSA) is 13.1 Å². The molecule has 1 heterocycles. The fourth-order valence-corrected chi connectivity index (χ4v) is 1.30. The normalized spacial score (nSPS) is 11.5. The van der Waals surface area contributed by atoms with Gasteiger partial charge in [0.2, 0.25) is 0 Å². The predicted octanol–water partition coefficient (Wildman–Crippen LogP) is 0.564. The SMILES string of the molecule is Cc1ccc2o[c-]c(C(F)(F)F)c2c1.[Li+]. The first kappa shape index (κ1) is 12.2. The molecule has 0 atom stereocenters. The molecule has 0 unspecified atom stereocenters. The Hall–Kier alpha value is -0.853. The number of hydrogen-bond donors (Lipinski definition) is 0. The number of rotatable bonds is 0. The smallest absolute Gasteiger partial charge is 0.590 e. The number of alkyl halides is 3. The van der Waals surface area contributed by atoms with E-state index in [0.29, 0.717) is 0 Å². The van der Waals surface area contributed by atoms with E-state index >= 15 is 0 Å². The van der Waals surface area contributed by atoms with E-state index in [1.807, 2.05) is 6.26 Å². The van der Waals surface area contributed by atoms with Crippen molar-refractivity contribution in [1.29, 1.82) is 0 Å². The van der Waals surface area contributed by atoms with Crippen molar-refractivity contribution in [2.75, 3.05) is 0 Å². The third-order valence-corrected chi connectivity index (χ3v) is 1.95. The van der Waals surface area contributed by atoms with Gasteiger partial charge in [0, 0.05) is 6.26 Å². The second-order valence-corrected chi connectivity index (χ2v) is 3.08. The molecule has 1 nitrogen and oxygen atoms in total. The van der Waals surface area contributed by atoms with Crippen molar-refractivity contribution >= 4 is 11.0 Å². The van der Waals surface area contributed by atoms with Gasteiger partial charge in [-0.05, 0) is 18.1 Å². The van der Waals surface area contributed by atoms with Gasteiger partial charge in [0.25, 0.3) is 0 Å². The first-order valence-electron chi connectivity index (χ1n) is 3.96. The molecule has 0 aliphatic carbocycles. The number of fused-ring (bicyclic) bond motifs is 1. The fourth-order valence-electron chi connectivity index (χ4n) is 1.30. The van der Waals surface area contributed by atoms with E-state index in [4.69, 9.17) is 0 Å². The summed E-state index contributed by atoms with van der Waals surface area (Å²) in [6, 6.07) is 4.65. The summed E-state index contributed by atoms with van der Waals surface area (Å²) >= 11 is 0. The first-order chi connectivity index (χ1) is 6.48. The van der Waals surface area contributed by atoms with Crippen molar-refractivity contribution in [3.8, 4) is 0 Å². The largest absolute Gasteiger partial charge is 1.00 e. The number of benzene rings is 1. The zero-order valence-corrected chi connectivity index (χ0v) is 8.27. The van der Waals surface area contributed by atoms with E-state index in [1.54, 1.807) is 13.0 Å². The molecule has 74 valence electrons. The van der Waals surface area contributed by atoms with Crippen molar-refractivity contribution in [2.24, 2.45) is 0 Å². The Kier molecular flexibility index (Phi) is 3.22. The summed E-state index contributed by atoms with van der Waals surface area (Å²) in [6.45, 7) is 1.73. The van der Waals surface area contributed by atoms with Crippen LogP contribution in [0.25, 0.3) is 11.0 Å². The molecule has 15 heavy (non-hydrogen) atoms. The van der Waals surface area contributed by atoms with E-state index in [1.165, 1.54) is 12.1 Å². The summed E-state index contributed by atoms with van der Waals surface area (Å²) in [6.07, 6.45) is -2.52. The van der Waals surface area contributed by atoms with E-state index in [2.05, 4.69) is 4.42 Å². The molecule has 0 amide bonds. The molecule has 0 aliphatic heterocycles. The Morgan fingerprint density at radius 3 is 2.53 bits per heavy atom. The summed E-state index contributed by atoms with van der Waals surface area (Å²) in [5.74, 6) is 0. The maximum Gasteiger partial charge on any atom is 1.00 e. The van der Waals surface area contributed by atoms with E-state index in [-0.39, 0.29) is 29.8 Å². The molecular weight excluding hydrogens is 200 g/mol. The molecular formula is C10H6F3LiO. The zero-order valence-electron chi connectivity index (χ0n) is 8.27. The predicted molar refractivity (Wildman–Crippen MR) is 44.8 cm³/mol. The Morgan fingerprint density at radius 2 is 1.93 bits per heavy atom. The summed E-state index contributed by atoms with van der Waals surface area (Å²) in [4.78, 5) is 0. The van der Waals surface area contributed by atoms with Crippen LogP contribution in [0.15, 0.2) is 22.6 Å². The van der Waals surface area contributed by atoms with Crippen molar-refractivity contribution in [3.05, 3.63) is 35.6 Å². The van der Waals surface area contributed by atoms with Crippen LogP contribution >= 0.6 is 0 Å². The molecule has 0 saturated carbocycles. The van der Waals surface area contributed by atoms with Crippen LogP contribution < -0.4 is 18.9 Å². The summed E-state index contributed by atoms with van der Waals surface area (Å²) in [5.41, 5.74) is 0.136. The van der Waals surface area contributed by atoms with E-state index in [0.717, 1.165) is 5.56 Å². The van der Waals surface area contributed by atoms with Crippen LogP contribution in [0, 0.1) is 13.2 Å². The Balaban J connectivity index is 0.00000112. The second kappa shape index (κ2) is 3.96. The molecule has 0 aliphatic rings. The third-order valence-electron chi connectivity index (χ3n) is 1.95.